The molecule has 0 unspecified atom stereocenters. The Morgan fingerprint density at radius 1 is 0.962 bits per heavy atom. The fourth-order valence-corrected chi connectivity index (χ4v) is 2.92. The van der Waals surface area contributed by atoms with Gasteiger partial charge < -0.3 is 4.90 Å². The molecule has 3 aromatic rings. The van der Waals surface area contributed by atoms with E-state index in [1.165, 1.54) is 0 Å². The molecule has 0 spiro atoms. The molecule has 0 aliphatic heterocycles. The molecule has 0 bridgehead atoms. The van der Waals surface area contributed by atoms with E-state index in [1.54, 1.807) is 6.08 Å². The van der Waals surface area contributed by atoms with Crippen LogP contribution in [0.2, 0.25) is 0 Å². The number of ketones is 1. The Balaban J connectivity index is 2.02. The molecule has 5 heteroatoms. The van der Waals surface area contributed by atoms with Crippen LogP contribution in [0, 0.1) is 0 Å². The molecule has 1 heterocycles. The van der Waals surface area contributed by atoms with Gasteiger partial charge in [0.15, 0.2) is 5.69 Å². The number of benzene rings is 2. The number of nitrogens with zero attached hydrogens (tertiary/aromatic N) is 3. The summed E-state index contributed by atoms with van der Waals surface area (Å²) in [5.41, 5.74) is 3.66. The van der Waals surface area contributed by atoms with Crippen LogP contribution >= 0.6 is 0 Å². The van der Waals surface area contributed by atoms with Gasteiger partial charge >= 0.3 is 0 Å². The smallest absolute Gasteiger partial charge is 0.210 e. The number of rotatable bonds is 7. The molecule has 3 rings (SSSR count). The molecule has 5 nitrogen and oxygen atoms in total. The highest BCUT2D eigenvalue weighted by Crippen LogP contribution is 2.23. The van der Waals surface area contributed by atoms with E-state index in [0.717, 1.165) is 29.9 Å². The zero-order chi connectivity index (χ0) is 18.4. The first-order chi connectivity index (χ1) is 12.7. The summed E-state index contributed by atoms with van der Waals surface area (Å²) in [6.45, 7) is 5.79. The van der Waals surface area contributed by atoms with Gasteiger partial charge in [0, 0.05) is 30.4 Å². The van der Waals surface area contributed by atoms with E-state index in [9.17, 15) is 4.79 Å². The summed E-state index contributed by atoms with van der Waals surface area (Å²) in [7, 11) is 0. The van der Waals surface area contributed by atoms with Crippen LogP contribution in [0.1, 0.15) is 29.9 Å². The predicted octanol–water partition coefficient (Wildman–Crippen LogP) is 4.04. The van der Waals surface area contributed by atoms with Crippen LogP contribution < -0.4 is 0 Å². The molecule has 1 N–H and O–H groups in total. The maximum atomic E-state index is 13.0. The third-order valence-electron chi connectivity index (χ3n) is 4.27. The van der Waals surface area contributed by atoms with E-state index in [4.69, 9.17) is 0 Å². The molecule has 0 aliphatic rings. The van der Waals surface area contributed by atoms with Crippen molar-refractivity contribution >= 4 is 11.5 Å². The van der Waals surface area contributed by atoms with Crippen molar-refractivity contribution < 1.29 is 4.79 Å². The summed E-state index contributed by atoms with van der Waals surface area (Å²) in [5.74, 6) is -0.164. The maximum absolute atomic E-state index is 13.0. The zero-order valence-electron chi connectivity index (χ0n) is 15.0. The number of H-pyrrole nitrogens is 1. The van der Waals surface area contributed by atoms with Gasteiger partial charge in [-0.05, 0) is 19.4 Å². The van der Waals surface area contributed by atoms with Gasteiger partial charge in [0.2, 0.25) is 5.78 Å². The van der Waals surface area contributed by atoms with Crippen molar-refractivity contribution in [3.05, 3.63) is 78.0 Å². The summed E-state index contributed by atoms with van der Waals surface area (Å²) in [6.07, 6.45) is 1.66. The molecule has 0 radical (unpaired) electrons. The number of carbonyl (C=O) groups is 1. The Labute approximate surface area is 153 Å². The molecule has 0 saturated carbocycles. The van der Waals surface area contributed by atoms with Crippen molar-refractivity contribution in [2.45, 2.75) is 13.8 Å². The quantitative estimate of drug-likeness (QED) is 0.518. The number of allylic oxidation sites excluding steroid dienone is 1. The SMILES string of the molecule is CCN(CC)/C(=C\C(=O)c1n[nH]nc1-c1ccccc1)c1ccccc1. The Morgan fingerprint density at radius 2 is 1.58 bits per heavy atom. The Bertz CT molecular complexity index is 881. The van der Waals surface area contributed by atoms with Crippen LogP contribution in [-0.2, 0) is 0 Å². The number of hydrogen-bond donors (Lipinski definition) is 1. The highest BCUT2D eigenvalue weighted by molar-refractivity contribution is 6.10. The van der Waals surface area contributed by atoms with Crippen molar-refractivity contribution in [1.29, 1.82) is 0 Å². The van der Waals surface area contributed by atoms with E-state index < -0.39 is 0 Å². The minimum Gasteiger partial charge on any atom is -0.371 e. The number of nitrogens with one attached hydrogen (secondary N) is 1. The topological polar surface area (TPSA) is 61.9 Å². The normalized spacial score (nSPS) is 11.4. The van der Waals surface area contributed by atoms with E-state index in [0.29, 0.717) is 11.4 Å². The second-order valence-electron chi connectivity index (χ2n) is 5.82. The van der Waals surface area contributed by atoms with Crippen LogP contribution in [-0.4, -0.2) is 39.2 Å². The van der Waals surface area contributed by atoms with Crippen LogP contribution in [0.4, 0.5) is 0 Å². The van der Waals surface area contributed by atoms with Crippen molar-refractivity contribution in [2.75, 3.05) is 13.1 Å². The third-order valence-corrected chi connectivity index (χ3v) is 4.27. The van der Waals surface area contributed by atoms with Gasteiger partial charge in [-0.15, -0.1) is 0 Å². The van der Waals surface area contributed by atoms with Crippen molar-refractivity contribution in [2.24, 2.45) is 0 Å². The lowest BCUT2D eigenvalue weighted by Crippen LogP contribution is -2.22. The average Bonchev–Trinajstić information content (AvgIpc) is 3.19. The number of carbonyl (C=O) groups excluding carboxylic acids is 1. The second kappa shape index (κ2) is 8.25. The zero-order valence-corrected chi connectivity index (χ0v) is 15.0. The fourth-order valence-electron chi connectivity index (χ4n) is 2.92. The molecule has 0 saturated heterocycles. The highest BCUT2D eigenvalue weighted by Gasteiger charge is 2.18. The standard InChI is InChI=1S/C21H22N4O/c1-3-25(4-2)18(16-11-7-5-8-12-16)15-19(26)21-20(22-24-23-21)17-13-9-6-10-14-17/h5-15H,3-4H2,1-2H3,(H,22,23,24)/b18-15-. The van der Waals surface area contributed by atoms with Gasteiger partial charge in [0.05, 0.1) is 0 Å². The van der Waals surface area contributed by atoms with Gasteiger partial charge in [0.1, 0.15) is 5.69 Å². The van der Waals surface area contributed by atoms with Crippen LogP contribution in [0.25, 0.3) is 17.0 Å². The average molecular weight is 346 g/mol. The third kappa shape index (κ3) is 3.72. The van der Waals surface area contributed by atoms with E-state index >= 15 is 0 Å². The monoisotopic (exact) mass is 346 g/mol. The number of aromatic nitrogens is 3. The molecule has 26 heavy (non-hydrogen) atoms. The van der Waals surface area contributed by atoms with Gasteiger partial charge in [0.25, 0.3) is 0 Å². The first-order valence-electron chi connectivity index (χ1n) is 8.77. The second-order valence-corrected chi connectivity index (χ2v) is 5.82. The van der Waals surface area contributed by atoms with Crippen molar-refractivity contribution in [1.82, 2.24) is 20.3 Å². The van der Waals surface area contributed by atoms with Crippen LogP contribution in [0.5, 0.6) is 0 Å². The Hall–Kier alpha value is -3.21. The molecule has 2 aromatic carbocycles. The highest BCUT2D eigenvalue weighted by atomic mass is 16.1. The van der Waals surface area contributed by atoms with Gasteiger partial charge in [-0.2, -0.15) is 15.4 Å². The van der Waals surface area contributed by atoms with Crippen molar-refractivity contribution in [3.8, 4) is 11.3 Å². The largest absolute Gasteiger partial charge is 0.371 e. The van der Waals surface area contributed by atoms with Crippen LogP contribution in [0.15, 0.2) is 66.7 Å². The summed E-state index contributed by atoms with van der Waals surface area (Å²) < 4.78 is 0. The molecule has 1 aromatic heterocycles. The molecule has 0 aliphatic carbocycles. The number of hydrogen-bond acceptors (Lipinski definition) is 4. The summed E-state index contributed by atoms with van der Waals surface area (Å²) in [6, 6.07) is 19.5. The maximum Gasteiger partial charge on any atom is 0.210 e. The molecular formula is C21H22N4O. The van der Waals surface area contributed by atoms with E-state index in [2.05, 4.69) is 34.2 Å². The molecular weight excluding hydrogens is 324 g/mol. The first-order valence-corrected chi connectivity index (χ1v) is 8.77. The van der Waals surface area contributed by atoms with Crippen molar-refractivity contribution in [3.63, 3.8) is 0 Å². The minimum absolute atomic E-state index is 0.164. The Morgan fingerprint density at radius 3 is 2.19 bits per heavy atom. The molecule has 0 amide bonds. The van der Waals surface area contributed by atoms with E-state index in [-0.39, 0.29) is 5.78 Å². The van der Waals surface area contributed by atoms with Gasteiger partial charge in [-0.3, -0.25) is 4.79 Å². The fraction of sp³-hybridized carbons (Fsp3) is 0.190. The number of aromatic amines is 1. The lowest BCUT2D eigenvalue weighted by molar-refractivity contribution is 0.104. The lowest BCUT2D eigenvalue weighted by atomic mass is 10.0. The molecule has 132 valence electrons. The summed E-state index contributed by atoms with van der Waals surface area (Å²) >= 11 is 0. The van der Waals surface area contributed by atoms with Crippen LogP contribution in [0.3, 0.4) is 0 Å². The summed E-state index contributed by atoms with van der Waals surface area (Å²) in [5, 5.41) is 10.9. The molecule has 0 atom stereocenters. The van der Waals surface area contributed by atoms with Gasteiger partial charge in [-0.1, -0.05) is 60.7 Å². The van der Waals surface area contributed by atoms with Gasteiger partial charge in [-0.25, -0.2) is 0 Å². The first kappa shape index (κ1) is 17.6. The lowest BCUT2D eigenvalue weighted by Gasteiger charge is -2.24. The molecule has 0 fully saturated rings. The van der Waals surface area contributed by atoms with E-state index in [1.807, 2.05) is 60.7 Å². The predicted molar refractivity (Wildman–Crippen MR) is 103 cm³/mol. The summed E-state index contributed by atoms with van der Waals surface area (Å²) in [4.78, 5) is 15.2. The Kier molecular flexibility index (Phi) is 5.59. The minimum atomic E-state index is -0.164.